The Morgan fingerprint density at radius 3 is 2.53 bits per heavy atom. The van der Waals surface area contributed by atoms with Gasteiger partial charge in [-0.05, 0) is 37.7 Å². The van der Waals surface area contributed by atoms with Gasteiger partial charge in [-0.25, -0.2) is 0 Å². The zero-order chi connectivity index (χ0) is 13.7. The quantitative estimate of drug-likeness (QED) is 0.608. The van der Waals surface area contributed by atoms with Crippen LogP contribution in [0.5, 0.6) is 5.75 Å². The Labute approximate surface area is 116 Å². The molecule has 1 atom stereocenters. The van der Waals surface area contributed by atoms with Crippen LogP contribution in [0.25, 0.3) is 0 Å². The monoisotopic (exact) mass is 262 g/mol. The topological polar surface area (TPSA) is 47.3 Å². The number of benzene rings is 1. The first kappa shape index (κ1) is 14.4. The summed E-state index contributed by atoms with van der Waals surface area (Å²) in [6, 6.07) is 8.46. The van der Waals surface area contributed by atoms with Gasteiger partial charge in [0.15, 0.2) is 0 Å². The summed E-state index contributed by atoms with van der Waals surface area (Å²) < 4.78 is 5.77. The third-order valence-corrected chi connectivity index (χ3v) is 4.61. The van der Waals surface area contributed by atoms with Crippen LogP contribution in [0.15, 0.2) is 24.3 Å². The maximum absolute atomic E-state index is 5.90. The van der Waals surface area contributed by atoms with E-state index in [2.05, 4.69) is 24.5 Å². The number of ether oxygens (including phenoxy) is 1. The van der Waals surface area contributed by atoms with Crippen molar-refractivity contribution in [2.75, 3.05) is 6.61 Å². The number of nitrogens with one attached hydrogen (secondary N) is 1. The average molecular weight is 262 g/mol. The van der Waals surface area contributed by atoms with E-state index in [0.717, 1.165) is 12.2 Å². The molecule has 19 heavy (non-hydrogen) atoms. The van der Waals surface area contributed by atoms with Gasteiger partial charge < -0.3 is 4.74 Å². The van der Waals surface area contributed by atoms with E-state index in [4.69, 9.17) is 10.6 Å². The third-order valence-electron chi connectivity index (χ3n) is 4.61. The van der Waals surface area contributed by atoms with Crippen molar-refractivity contribution in [2.24, 2.45) is 11.3 Å². The molecular weight excluding hydrogens is 236 g/mol. The number of hydrazine groups is 1. The first-order valence-electron chi connectivity index (χ1n) is 7.45. The molecule has 0 heterocycles. The molecule has 1 aromatic carbocycles. The van der Waals surface area contributed by atoms with Crippen molar-refractivity contribution < 1.29 is 4.74 Å². The number of hydrogen-bond donors (Lipinski definition) is 2. The van der Waals surface area contributed by atoms with Gasteiger partial charge in [-0.15, -0.1) is 0 Å². The standard InChI is InChI=1S/C16H26N2O/c1-3-16(11-7-8-12-16)15(18-17)13-9-5-6-10-14(13)19-4-2/h5-6,9-10,15,18H,3-4,7-8,11-12,17H2,1-2H3. The van der Waals surface area contributed by atoms with Gasteiger partial charge in [0.25, 0.3) is 0 Å². The highest BCUT2D eigenvalue weighted by Gasteiger charge is 2.41. The van der Waals surface area contributed by atoms with Crippen LogP contribution in [-0.2, 0) is 0 Å². The van der Waals surface area contributed by atoms with Crippen LogP contribution in [0.2, 0.25) is 0 Å². The maximum atomic E-state index is 5.90. The lowest BCUT2D eigenvalue weighted by Crippen LogP contribution is -2.40. The minimum absolute atomic E-state index is 0.183. The van der Waals surface area contributed by atoms with Gasteiger partial charge in [-0.1, -0.05) is 38.0 Å². The fourth-order valence-electron chi connectivity index (χ4n) is 3.53. The molecule has 3 nitrogen and oxygen atoms in total. The Bertz CT molecular complexity index is 399. The largest absolute Gasteiger partial charge is 0.494 e. The van der Waals surface area contributed by atoms with Crippen LogP contribution >= 0.6 is 0 Å². The molecule has 2 rings (SSSR count). The lowest BCUT2D eigenvalue weighted by Gasteiger charge is -2.37. The minimum atomic E-state index is 0.183. The van der Waals surface area contributed by atoms with Crippen LogP contribution < -0.4 is 16.0 Å². The second kappa shape index (κ2) is 6.40. The van der Waals surface area contributed by atoms with E-state index in [1.807, 2.05) is 19.1 Å². The van der Waals surface area contributed by atoms with Crippen molar-refractivity contribution in [2.45, 2.75) is 52.0 Å². The molecule has 0 amide bonds. The van der Waals surface area contributed by atoms with Gasteiger partial charge in [-0.2, -0.15) is 0 Å². The summed E-state index contributed by atoms with van der Waals surface area (Å²) in [5.74, 6) is 6.87. The molecule has 0 saturated heterocycles. The predicted octanol–water partition coefficient (Wildman–Crippen LogP) is 3.56. The molecule has 1 aliphatic rings. The highest BCUT2D eigenvalue weighted by Crippen LogP contribution is 2.51. The molecule has 106 valence electrons. The van der Waals surface area contributed by atoms with Crippen molar-refractivity contribution in [3.05, 3.63) is 29.8 Å². The zero-order valence-corrected chi connectivity index (χ0v) is 12.1. The summed E-state index contributed by atoms with van der Waals surface area (Å²) in [6.07, 6.45) is 6.27. The summed E-state index contributed by atoms with van der Waals surface area (Å²) in [4.78, 5) is 0. The summed E-state index contributed by atoms with van der Waals surface area (Å²) >= 11 is 0. The summed E-state index contributed by atoms with van der Waals surface area (Å²) in [7, 11) is 0. The van der Waals surface area contributed by atoms with Gasteiger partial charge >= 0.3 is 0 Å². The molecule has 1 aromatic rings. The Balaban J connectivity index is 2.35. The van der Waals surface area contributed by atoms with Gasteiger partial charge in [-0.3, -0.25) is 11.3 Å². The highest BCUT2D eigenvalue weighted by atomic mass is 16.5. The summed E-state index contributed by atoms with van der Waals surface area (Å²) in [5.41, 5.74) is 4.55. The first-order chi connectivity index (χ1) is 9.27. The fourth-order valence-corrected chi connectivity index (χ4v) is 3.53. The van der Waals surface area contributed by atoms with Crippen molar-refractivity contribution in [3.8, 4) is 5.75 Å². The van der Waals surface area contributed by atoms with E-state index in [0.29, 0.717) is 6.61 Å². The number of hydrogen-bond acceptors (Lipinski definition) is 3. The average Bonchev–Trinajstić information content (AvgIpc) is 2.92. The molecule has 0 radical (unpaired) electrons. The van der Waals surface area contributed by atoms with E-state index >= 15 is 0 Å². The summed E-state index contributed by atoms with van der Waals surface area (Å²) in [5, 5.41) is 0. The van der Waals surface area contributed by atoms with Crippen molar-refractivity contribution >= 4 is 0 Å². The molecule has 1 aliphatic carbocycles. The molecule has 0 spiro atoms. The highest BCUT2D eigenvalue weighted by molar-refractivity contribution is 5.37. The van der Waals surface area contributed by atoms with Crippen LogP contribution in [0, 0.1) is 5.41 Å². The van der Waals surface area contributed by atoms with Crippen molar-refractivity contribution in [3.63, 3.8) is 0 Å². The van der Waals surface area contributed by atoms with E-state index in [1.165, 1.54) is 31.2 Å². The molecule has 3 heteroatoms. The predicted molar refractivity (Wildman–Crippen MR) is 78.9 cm³/mol. The Morgan fingerprint density at radius 2 is 1.95 bits per heavy atom. The molecule has 3 N–H and O–H groups in total. The van der Waals surface area contributed by atoms with Crippen LogP contribution in [0.3, 0.4) is 0 Å². The zero-order valence-electron chi connectivity index (χ0n) is 12.1. The Kier molecular flexibility index (Phi) is 4.83. The minimum Gasteiger partial charge on any atom is -0.494 e. The lowest BCUT2D eigenvalue weighted by atomic mass is 9.73. The van der Waals surface area contributed by atoms with Crippen molar-refractivity contribution in [1.82, 2.24) is 5.43 Å². The number of nitrogens with two attached hydrogens (primary N) is 1. The molecule has 1 fully saturated rings. The molecular formula is C16H26N2O. The smallest absolute Gasteiger partial charge is 0.124 e. The van der Waals surface area contributed by atoms with Gasteiger partial charge in [0.05, 0.1) is 12.6 Å². The van der Waals surface area contributed by atoms with Gasteiger partial charge in [0.2, 0.25) is 0 Å². The normalized spacial score (nSPS) is 19.3. The molecule has 0 aliphatic heterocycles. The van der Waals surface area contributed by atoms with Gasteiger partial charge in [0, 0.05) is 5.56 Å². The molecule has 1 saturated carbocycles. The van der Waals surface area contributed by atoms with E-state index in [9.17, 15) is 0 Å². The fraction of sp³-hybridized carbons (Fsp3) is 0.625. The SMILES string of the molecule is CCOc1ccccc1C(NN)C1(CC)CCCC1. The van der Waals surface area contributed by atoms with Gasteiger partial charge in [0.1, 0.15) is 5.75 Å². The van der Waals surface area contributed by atoms with Crippen LogP contribution in [-0.4, -0.2) is 6.61 Å². The lowest BCUT2D eigenvalue weighted by molar-refractivity contribution is 0.183. The second-order valence-electron chi connectivity index (χ2n) is 5.49. The van der Waals surface area contributed by atoms with E-state index < -0.39 is 0 Å². The van der Waals surface area contributed by atoms with E-state index in [1.54, 1.807) is 0 Å². The molecule has 0 bridgehead atoms. The Morgan fingerprint density at radius 1 is 1.26 bits per heavy atom. The molecule has 1 unspecified atom stereocenters. The first-order valence-corrected chi connectivity index (χ1v) is 7.45. The third kappa shape index (κ3) is 2.77. The van der Waals surface area contributed by atoms with Crippen molar-refractivity contribution in [1.29, 1.82) is 0 Å². The summed E-state index contributed by atoms with van der Waals surface area (Å²) in [6.45, 7) is 4.99. The number of rotatable bonds is 6. The number of para-hydroxylation sites is 1. The second-order valence-corrected chi connectivity index (χ2v) is 5.49. The van der Waals surface area contributed by atoms with Crippen LogP contribution in [0.4, 0.5) is 0 Å². The molecule has 0 aromatic heterocycles. The maximum Gasteiger partial charge on any atom is 0.124 e. The van der Waals surface area contributed by atoms with Crippen LogP contribution in [0.1, 0.15) is 57.6 Å². The van der Waals surface area contributed by atoms with E-state index in [-0.39, 0.29) is 11.5 Å². The Hall–Kier alpha value is -1.06.